The summed E-state index contributed by atoms with van der Waals surface area (Å²) >= 11 is 0. The van der Waals surface area contributed by atoms with E-state index in [2.05, 4.69) is 16.0 Å². The Kier molecular flexibility index (Phi) is 6.30. The molecule has 1 aromatic carbocycles. The molecule has 20 heavy (non-hydrogen) atoms. The SMILES string of the molecule is CCNCCCNC(=O)Nc1ccccc1C(F)(F)F. The largest absolute Gasteiger partial charge is 0.418 e. The molecule has 0 aliphatic rings. The van der Waals surface area contributed by atoms with Crippen LogP contribution < -0.4 is 16.0 Å². The van der Waals surface area contributed by atoms with Crippen molar-refractivity contribution in [2.45, 2.75) is 19.5 Å². The second-order valence-electron chi connectivity index (χ2n) is 4.13. The summed E-state index contributed by atoms with van der Waals surface area (Å²) in [5, 5.41) is 7.81. The van der Waals surface area contributed by atoms with Crippen LogP contribution in [-0.4, -0.2) is 25.7 Å². The van der Waals surface area contributed by atoms with Gasteiger partial charge in [-0.15, -0.1) is 0 Å². The molecule has 1 aromatic rings. The number of nitrogens with one attached hydrogen (secondary N) is 3. The van der Waals surface area contributed by atoms with Crippen LogP contribution in [0.4, 0.5) is 23.7 Å². The van der Waals surface area contributed by atoms with Crippen LogP contribution in [0.3, 0.4) is 0 Å². The zero-order valence-corrected chi connectivity index (χ0v) is 11.2. The van der Waals surface area contributed by atoms with E-state index in [0.29, 0.717) is 13.0 Å². The van der Waals surface area contributed by atoms with Crippen molar-refractivity contribution in [3.8, 4) is 0 Å². The van der Waals surface area contributed by atoms with Gasteiger partial charge in [-0.1, -0.05) is 19.1 Å². The highest BCUT2D eigenvalue weighted by Crippen LogP contribution is 2.34. The Balaban J connectivity index is 2.50. The molecule has 112 valence electrons. The van der Waals surface area contributed by atoms with Gasteiger partial charge in [-0.05, 0) is 31.6 Å². The van der Waals surface area contributed by atoms with Crippen LogP contribution in [0, 0.1) is 0 Å². The fourth-order valence-electron chi connectivity index (χ4n) is 1.60. The molecule has 2 amide bonds. The molecular weight excluding hydrogens is 271 g/mol. The molecule has 0 radical (unpaired) electrons. The number of benzene rings is 1. The maximum absolute atomic E-state index is 12.7. The smallest absolute Gasteiger partial charge is 0.338 e. The molecule has 4 nitrogen and oxygen atoms in total. The minimum Gasteiger partial charge on any atom is -0.338 e. The summed E-state index contributed by atoms with van der Waals surface area (Å²) in [6, 6.07) is 4.23. The van der Waals surface area contributed by atoms with Crippen molar-refractivity contribution in [1.82, 2.24) is 10.6 Å². The molecule has 0 aliphatic carbocycles. The lowest BCUT2D eigenvalue weighted by Crippen LogP contribution is -2.31. The summed E-state index contributed by atoms with van der Waals surface area (Å²) in [4.78, 5) is 11.5. The normalized spacial score (nSPS) is 11.2. The number of carbonyl (C=O) groups is 1. The average molecular weight is 289 g/mol. The molecular formula is C13H18F3N3O. The predicted octanol–water partition coefficient (Wildman–Crippen LogP) is 2.83. The number of urea groups is 1. The van der Waals surface area contributed by atoms with Crippen LogP contribution in [0.1, 0.15) is 18.9 Å². The van der Waals surface area contributed by atoms with Crippen LogP contribution in [0.15, 0.2) is 24.3 Å². The molecule has 3 N–H and O–H groups in total. The number of anilines is 1. The fraction of sp³-hybridized carbons (Fsp3) is 0.462. The van der Waals surface area contributed by atoms with E-state index in [1.165, 1.54) is 18.2 Å². The zero-order valence-electron chi connectivity index (χ0n) is 11.2. The highest BCUT2D eigenvalue weighted by Gasteiger charge is 2.33. The summed E-state index contributed by atoms with van der Waals surface area (Å²) in [6.07, 6.45) is -3.78. The van der Waals surface area contributed by atoms with Gasteiger partial charge in [0.15, 0.2) is 0 Å². The summed E-state index contributed by atoms with van der Waals surface area (Å²) in [5.41, 5.74) is -1.10. The van der Waals surface area contributed by atoms with Crippen molar-refractivity contribution in [3.63, 3.8) is 0 Å². The molecule has 0 atom stereocenters. The maximum atomic E-state index is 12.7. The molecule has 0 spiro atoms. The number of amides is 2. The number of alkyl halides is 3. The third-order valence-corrected chi connectivity index (χ3v) is 2.55. The van der Waals surface area contributed by atoms with E-state index < -0.39 is 17.8 Å². The van der Waals surface area contributed by atoms with E-state index in [-0.39, 0.29) is 5.69 Å². The first-order chi connectivity index (χ1) is 9.45. The molecule has 0 bridgehead atoms. The van der Waals surface area contributed by atoms with E-state index in [1.54, 1.807) is 0 Å². The van der Waals surface area contributed by atoms with Gasteiger partial charge >= 0.3 is 12.2 Å². The minimum atomic E-state index is -4.49. The average Bonchev–Trinajstić information content (AvgIpc) is 2.38. The third kappa shape index (κ3) is 5.48. The van der Waals surface area contributed by atoms with Crippen LogP contribution >= 0.6 is 0 Å². The van der Waals surface area contributed by atoms with Crippen molar-refractivity contribution >= 4 is 11.7 Å². The van der Waals surface area contributed by atoms with E-state index >= 15 is 0 Å². The Morgan fingerprint density at radius 3 is 2.55 bits per heavy atom. The van der Waals surface area contributed by atoms with Gasteiger partial charge in [-0.2, -0.15) is 13.2 Å². The van der Waals surface area contributed by atoms with Crippen LogP contribution in [0.25, 0.3) is 0 Å². The number of para-hydroxylation sites is 1. The molecule has 0 unspecified atom stereocenters. The van der Waals surface area contributed by atoms with E-state index in [0.717, 1.165) is 19.2 Å². The summed E-state index contributed by atoms with van der Waals surface area (Å²) < 4.78 is 38.1. The predicted molar refractivity (Wildman–Crippen MR) is 71.6 cm³/mol. The highest BCUT2D eigenvalue weighted by molar-refractivity contribution is 5.90. The standard InChI is InChI=1S/C13H18F3N3O/c1-2-17-8-5-9-18-12(20)19-11-7-4-3-6-10(11)13(14,15)16/h3-4,6-7,17H,2,5,8-9H2,1H3,(H2,18,19,20). The van der Waals surface area contributed by atoms with Gasteiger partial charge in [-0.3, -0.25) is 0 Å². The van der Waals surface area contributed by atoms with E-state index in [1.807, 2.05) is 6.92 Å². The number of carbonyl (C=O) groups excluding carboxylic acids is 1. The highest BCUT2D eigenvalue weighted by atomic mass is 19.4. The monoisotopic (exact) mass is 289 g/mol. The quantitative estimate of drug-likeness (QED) is 0.705. The topological polar surface area (TPSA) is 53.2 Å². The molecule has 0 saturated heterocycles. The Morgan fingerprint density at radius 1 is 1.20 bits per heavy atom. The first-order valence-electron chi connectivity index (χ1n) is 6.37. The van der Waals surface area contributed by atoms with Gasteiger partial charge in [0.2, 0.25) is 0 Å². The number of hydrogen-bond donors (Lipinski definition) is 3. The summed E-state index contributed by atoms with van der Waals surface area (Å²) in [5.74, 6) is 0. The van der Waals surface area contributed by atoms with Crippen molar-refractivity contribution < 1.29 is 18.0 Å². The number of hydrogen-bond acceptors (Lipinski definition) is 2. The molecule has 0 aromatic heterocycles. The van der Waals surface area contributed by atoms with Gasteiger partial charge in [0.1, 0.15) is 0 Å². The lowest BCUT2D eigenvalue weighted by atomic mass is 10.1. The van der Waals surface area contributed by atoms with Crippen molar-refractivity contribution in [3.05, 3.63) is 29.8 Å². The Hall–Kier alpha value is -1.76. The molecule has 0 aliphatic heterocycles. The second kappa shape index (κ2) is 7.74. The molecule has 0 heterocycles. The minimum absolute atomic E-state index is 0.246. The Labute approximate surface area is 115 Å². The lowest BCUT2D eigenvalue weighted by Gasteiger charge is -2.14. The Morgan fingerprint density at radius 2 is 1.90 bits per heavy atom. The fourth-order valence-corrected chi connectivity index (χ4v) is 1.60. The second-order valence-corrected chi connectivity index (χ2v) is 4.13. The van der Waals surface area contributed by atoms with Gasteiger partial charge in [0.25, 0.3) is 0 Å². The summed E-state index contributed by atoms with van der Waals surface area (Å²) in [7, 11) is 0. The van der Waals surface area contributed by atoms with Gasteiger partial charge in [-0.25, -0.2) is 4.79 Å². The molecule has 1 rings (SSSR count). The van der Waals surface area contributed by atoms with Gasteiger partial charge in [0, 0.05) is 6.54 Å². The van der Waals surface area contributed by atoms with Gasteiger partial charge < -0.3 is 16.0 Å². The molecule has 0 fully saturated rings. The third-order valence-electron chi connectivity index (χ3n) is 2.55. The van der Waals surface area contributed by atoms with Crippen molar-refractivity contribution in [2.75, 3.05) is 25.0 Å². The van der Waals surface area contributed by atoms with Crippen molar-refractivity contribution in [1.29, 1.82) is 0 Å². The number of halogens is 3. The first-order valence-corrected chi connectivity index (χ1v) is 6.37. The maximum Gasteiger partial charge on any atom is 0.418 e. The van der Waals surface area contributed by atoms with Crippen LogP contribution in [0.5, 0.6) is 0 Å². The lowest BCUT2D eigenvalue weighted by molar-refractivity contribution is -0.136. The van der Waals surface area contributed by atoms with E-state index in [4.69, 9.17) is 0 Å². The molecule has 7 heteroatoms. The van der Waals surface area contributed by atoms with Gasteiger partial charge in [0.05, 0.1) is 11.3 Å². The molecule has 0 saturated carbocycles. The zero-order chi connectivity index (χ0) is 15.0. The first kappa shape index (κ1) is 16.3. The summed E-state index contributed by atoms with van der Waals surface area (Å²) in [6.45, 7) is 3.95. The van der Waals surface area contributed by atoms with Crippen LogP contribution in [0.2, 0.25) is 0 Å². The van der Waals surface area contributed by atoms with E-state index in [9.17, 15) is 18.0 Å². The Bertz CT molecular complexity index is 435. The van der Waals surface area contributed by atoms with Crippen molar-refractivity contribution in [2.24, 2.45) is 0 Å². The number of rotatable bonds is 6. The van der Waals surface area contributed by atoms with Crippen LogP contribution in [-0.2, 0) is 6.18 Å².